The number of imidazole rings is 1. The second kappa shape index (κ2) is 4.46. The maximum absolute atomic E-state index is 12.3. The molecule has 2 heterocycles. The van der Waals surface area contributed by atoms with Crippen molar-refractivity contribution in [3.63, 3.8) is 0 Å². The summed E-state index contributed by atoms with van der Waals surface area (Å²) in [5.74, 6) is 0.495. The van der Waals surface area contributed by atoms with Gasteiger partial charge in [-0.25, -0.2) is 9.55 Å². The fraction of sp³-hybridized carbons (Fsp3) is 0. The number of hydrogen-bond acceptors (Lipinski definition) is 2. The van der Waals surface area contributed by atoms with Crippen molar-refractivity contribution in [2.45, 2.75) is 0 Å². The Morgan fingerprint density at radius 3 is 2.71 bits per heavy atom. The number of hydrogen-bond donors (Lipinski definition) is 1. The highest BCUT2D eigenvalue weighted by atomic mass is 35.5. The van der Waals surface area contributed by atoms with E-state index in [1.807, 2.05) is 36.4 Å². The minimum atomic E-state index is -0.149. The molecule has 0 saturated heterocycles. The largest absolute Gasteiger partial charge is 0.323 e. The summed E-state index contributed by atoms with van der Waals surface area (Å²) in [5, 5.41) is 1.43. The van der Waals surface area contributed by atoms with Crippen LogP contribution in [-0.2, 0) is 0 Å². The van der Waals surface area contributed by atoms with Gasteiger partial charge in [-0.05, 0) is 30.3 Å². The number of para-hydroxylation sites is 2. The number of nitrogens with one attached hydrogen (secondary N) is 1. The average molecular weight is 296 g/mol. The van der Waals surface area contributed by atoms with Gasteiger partial charge in [0.05, 0.1) is 16.6 Å². The summed E-state index contributed by atoms with van der Waals surface area (Å²) >= 11 is 6.20. The molecule has 0 amide bonds. The molecule has 1 N–H and O–H groups in total. The lowest BCUT2D eigenvalue weighted by atomic mass is 10.2. The van der Waals surface area contributed by atoms with Crippen LogP contribution in [-0.4, -0.2) is 14.5 Å². The molecule has 4 nitrogen and oxygen atoms in total. The summed E-state index contributed by atoms with van der Waals surface area (Å²) in [7, 11) is 0. The van der Waals surface area contributed by atoms with Crippen molar-refractivity contribution in [1.29, 1.82) is 0 Å². The standard InChI is InChI=1S/C16H10ClN3O/c17-11-4-3-7-14-10(11)8-9-15(21)20(14)16-18-12-5-1-2-6-13(12)19-16/h1-9H,(H,18,19). The molecule has 5 heteroatoms. The van der Waals surface area contributed by atoms with Crippen molar-refractivity contribution in [3.05, 3.63) is 70.0 Å². The highest BCUT2D eigenvalue weighted by molar-refractivity contribution is 6.35. The molecule has 21 heavy (non-hydrogen) atoms. The molecule has 0 fully saturated rings. The van der Waals surface area contributed by atoms with E-state index < -0.39 is 0 Å². The first kappa shape index (κ1) is 12.2. The fourth-order valence-electron chi connectivity index (χ4n) is 2.50. The number of H-pyrrole nitrogens is 1. The van der Waals surface area contributed by atoms with Gasteiger partial charge in [-0.1, -0.05) is 29.8 Å². The molecule has 102 valence electrons. The molecule has 0 bridgehead atoms. The van der Waals surface area contributed by atoms with Crippen molar-refractivity contribution in [2.24, 2.45) is 0 Å². The average Bonchev–Trinajstić information content (AvgIpc) is 2.90. The molecule has 0 saturated carbocycles. The maximum Gasteiger partial charge on any atom is 0.257 e. The van der Waals surface area contributed by atoms with Crippen molar-refractivity contribution in [1.82, 2.24) is 14.5 Å². The molecule has 2 aromatic heterocycles. The third-order valence-electron chi connectivity index (χ3n) is 3.47. The Kier molecular flexibility index (Phi) is 2.59. The third-order valence-corrected chi connectivity index (χ3v) is 3.80. The van der Waals surface area contributed by atoms with E-state index in [4.69, 9.17) is 11.6 Å². The first-order chi connectivity index (χ1) is 10.2. The van der Waals surface area contributed by atoms with Crippen molar-refractivity contribution < 1.29 is 0 Å². The van der Waals surface area contributed by atoms with Crippen LogP contribution in [0.2, 0.25) is 5.02 Å². The summed E-state index contributed by atoms with van der Waals surface area (Å²) in [6.07, 6.45) is 0. The number of aromatic nitrogens is 3. The Balaban J connectivity index is 2.12. The number of benzene rings is 2. The maximum atomic E-state index is 12.3. The number of pyridine rings is 1. The quantitative estimate of drug-likeness (QED) is 0.584. The van der Waals surface area contributed by atoms with Gasteiger partial charge in [-0.3, -0.25) is 4.79 Å². The summed E-state index contributed by atoms with van der Waals surface area (Å²) in [6.45, 7) is 0. The number of fused-ring (bicyclic) bond motifs is 2. The van der Waals surface area contributed by atoms with Gasteiger partial charge in [-0.15, -0.1) is 0 Å². The Labute approximate surface area is 124 Å². The molecule has 0 aliphatic rings. The van der Waals surface area contributed by atoms with Crippen LogP contribution in [0.4, 0.5) is 0 Å². The first-order valence-corrected chi connectivity index (χ1v) is 6.87. The summed E-state index contributed by atoms with van der Waals surface area (Å²) in [4.78, 5) is 19.9. The topological polar surface area (TPSA) is 50.7 Å². The Bertz CT molecular complexity index is 999. The van der Waals surface area contributed by atoms with Gasteiger partial charge in [-0.2, -0.15) is 0 Å². The Morgan fingerprint density at radius 2 is 1.86 bits per heavy atom. The van der Waals surface area contributed by atoms with E-state index in [1.165, 1.54) is 6.07 Å². The van der Waals surface area contributed by atoms with Crippen molar-refractivity contribution in [2.75, 3.05) is 0 Å². The number of halogens is 1. The fourth-order valence-corrected chi connectivity index (χ4v) is 2.73. The van der Waals surface area contributed by atoms with E-state index in [9.17, 15) is 4.79 Å². The van der Waals surface area contributed by atoms with Crippen LogP contribution in [0.15, 0.2) is 59.4 Å². The molecule has 0 radical (unpaired) electrons. The van der Waals surface area contributed by atoms with Crippen LogP contribution in [0.25, 0.3) is 27.9 Å². The highest BCUT2D eigenvalue weighted by Crippen LogP contribution is 2.23. The molecule has 0 atom stereocenters. The predicted octanol–water partition coefficient (Wildman–Crippen LogP) is 3.52. The molecule has 0 spiro atoms. The number of rotatable bonds is 1. The van der Waals surface area contributed by atoms with E-state index in [1.54, 1.807) is 16.7 Å². The predicted molar refractivity (Wildman–Crippen MR) is 84.2 cm³/mol. The van der Waals surface area contributed by atoms with Gasteiger partial charge in [0.1, 0.15) is 0 Å². The van der Waals surface area contributed by atoms with Crippen molar-refractivity contribution >= 4 is 33.5 Å². The van der Waals surface area contributed by atoms with Gasteiger partial charge in [0, 0.05) is 16.5 Å². The van der Waals surface area contributed by atoms with Crippen LogP contribution in [0.5, 0.6) is 0 Å². The zero-order valence-corrected chi connectivity index (χ0v) is 11.6. The zero-order valence-electron chi connectivity index (χ0n) is 10.9. The van der Waals surface area contributed by atoms with Gasteiger partial charge < -0.3 is 4.98 Å². The van der Waals surface area contributed by atoms with E-state index in [0.29, 0.717) is 11.0 Å². The van der Waals surface area contributed by atoms with Crippen LogP contribution in [0, 0.1) is 0 Å². The minimum Gasteiger partial charge on any atom is -0.323 e. The normalized spacial score (nSPS) is 11.3. The molecule has 0 unspecified atom stereocenters. The SMILES string of the molecule is O=c1ccc2c(Cl)cccc2n1-c1nc2ccccc2[nH]1. The van der Waals surface area contributed by atoms with Gasteiger partial charge in [0.15, 0.2) is 0 Å². The Hall–Kier alpha value is -2.59. The lowest BCUT2D eigenvalue weighted by Crippen LogP contribution is -2.18. The lowest BCUT2D eigenvalue weighted by Gasteiger charge is -2.07. The zero-order chi connectivity index (χ0) is 14.4. The van der Waals surface area contributed by atoms with E-state index in [-0.39, 0.29) is 5.56 Å². The van der Waals surface area contributed by atoms with E-state index >= 15 is 0 Å². The summed E-state index contributed by atoms with van der Waals surface area (Å²) < 4.78 is 1.54. The highest BCUT2D eigenvalue weighted by Gasteiger charge is 2.10. The van der Waals surface area contributed by atoms with Crippen LogP contribution in [0.3, 0.4) is 0 Å². The molecule has 0 aliphatic heterocycles. The second-order valence-electron chi connectivity index (χ2n) is 4.76. The van der Waals surface area contributed by atoms with Crippen molar-refractivity contribution in [3.8, 4) is 5.95 Å². The molecule has 4 rings (SSSR count). The summed E-state index contributed by atoms with van der Waals surface area (Å²) in [5.41, 5.74) is 2.29. The van der Waals surface area contributed by atoms with Crippen LogP contribution in [0.1, 0.15) is 0 Å². The van der Waals surface area contributed by atoms with Gasteiger partial charge >= 0.3 is 0 Å². The third kappa shape index (κ3) is 1.84. The minimum absolute atomic E-state index is 0.149. The van der Waals surface area contributed by atoms with Gasteiger partial charge in [0.2, 0.25) is 5.95 Å². The number of nitrogens with zero attached hydrogens (tertiary/aromatic N) is 2. The first-order valence-electron chi connectivity index (χ1n) is 6.49. The van der Waals surface area contributed by atoms with Gasteiger partial charge in [0.25, 0.3) is 5.56 Å². The second-order valence-corrected chi connectivity index (χ2v) is 5.16. The summed E-state index contributed by atoms with van der Waals surface area (Å²) in [6, 6.07) is 16.4. The molecule has 2 aromatic carbocycles. The number of aromatic amines is 1. The molecule has 0 aliphatic carbocycles. The molecule has 4 aromatic rings. The van der Waals surface area contributed by atoms with E-state index in [2.05, 4.69) is 9.97 Å². The van der Waals surface area contributed by atoms with Crippen LogP contribution < -0.4 is 5.56 Å². The Morgan fingerprint density at radius 1 is 1.00 bits per heavy atom. The van der Waals surface area contributed by atoms with Crippen LogP contribution >= 0.6 is 11.6 Å². The van der Waals surface area contributed by atoms with E-state index in [0.717, 1.165) is 21.9 Å². The lowest BCUT2D eigenvalue weighted by molar-refractivity contribution is 0.960. The smallest absolute Gasteiger partial charge is 0.257 e. The molecular weight excluding hydrogens is 286 g/mol. The monoisotopic (exact) mass is 295 g/mol. The molecular formula is C16H10ClN3O.